The SMILES string of the molecule is CN(C)C1(CNC(=O)C2(C(N)=NO)CCC2)CCC1. The molecule has 0 spiro atoms. The molecule has 6 heteroatoms. The normalized spacial score (nSPS) is 24.5. The summed E-state index contributed by atoms with van der Waals surface area (Å²) in [4.78, 5) is 14.5. The number of amidine groups is 1. The van der Waals surface area contributed by atoms with E-state index in [0.717, 1.165) is 19.3 Å². The fraction of sp³-hybridized carbons (Fsp3) is 0.846. The number of nitrogens with one attached hydrogen (secondary N) is 1. The number of oxime groups is 1. The second-order valence-corrected chi connectivity index (χ2v) is 6.08. The van der Waals surface area contributed by atoms with Gasteiger partial charge in [0.1, 0.15) is 5.41 Å². The molecule has 0 aromatic carbocycles. The van der Waals surface area contributed by atoms with Crippen molar-refractivity contribution in [3.05, 3.63) is 0 Å². The Balaban J connectivity index is 1.98. The zero-order chi connectivity index (χ0) is 14.1. The summed E-state index contributed by atoms with van der Waals surface area (Å²) in [6, 6.07) is 0. The minimum atomic E-state index is -0.772. The van der Waals surface area contributed by atoms with E-state index in [9.17, 15) is 4.79 Å². The average Bonchev–Trinajstić information content (AvgIpc) is 2.25. The summed E-state index contributed by atoms with van der Waals surface area (Å²) >= 11 is 0. The number of carbonyl (C=O) groups is 1. The zero-order valence-electron chi connectivity index (χ0n) is 11.8. The van der Waals surface area contributed by atoms with Gasteiger partial charge in [0.05, 0.1) is 0 Å². The summed E-state index contributed by atoms with van der Waals surface area (Å²) in [5, 5.41) is 14.9. The van der Waals surface area contributed by atoms with Crippen molar-refractivity contribution in [1.29, 1.82) is 0 Å². The molecule has 2 aliphatic carbocycles. The highest BCUT2D eigenvalue weighted by Crippen LogP contribution is 2.42. The van der Waals surface area contributed by atoms with Crippen molar-refractivity contribution in [3.63, 3.8) is 0 Å². The summed E-state index contributed by atoms with van der Waals surface area (Å²) in [5.74, 6) is -0.0501. The molecular weight excluding hydrogens is 244 g/mol. The van der Waals surface area contributed by atoms with Gasteiger partial charge in [0, 0.05) is 12.1 Å². The molecule has 108 valence electrons. The molecule has 6 nitrogen and oxygen atoms in total. The van der Waals surface area contributed by atoms with Gasteiger partial charge in [-0.25, -0.2) is 0 Å². The van der Waals surface area contributed by atoms with E-state index in [-0.39, 0.29) is 17.3 Å². The Morgan fingerprint density at radius 1 is 1.32 bits per heavy atom. The van der Waals surface area contributed by atoms with Gasteiger partial charge >= 0.3 is 0 Å². The third-order valence-corrected chi connectivity index (χ3v) is 5.05. The third-order valence-electron chi connectivity index (χ3n) is 5.05. The fourth-order valence-corrected chi connectivity index (χ4v) is 3.01. The summed E-state index contributed by atoms with van der Waals surface area (Å²) < 4.78 is 0. The summed E-state index contributed by atoms with van der Waals surface area (Å²) in [6.07, 6.45) is 5.71. The molecule has 0 unspecified atom stereocenters. The molecular formula is C13H24N4O2. The molecule has 4 N–H and O–H groups in total. The summed E-state index contributed by atoms with van der Waals surface area (Å²) in [5.41, 5.74) is 5.01. The van der Waals surface area contributed by atoms with Crippen molar-refractivity contribution in [1.82, 2.24) is 10.2 Å². The van der Waals surface area contributed by atoms with E-state index in [1.54, 1.807) is 0 Å². The van der Waals surface area contributed by atoms with Crippen LogP contribution in [0.4, 0.5) is 0 Å². The second-order valence-electron chi connectivity index (χ2n) is 6.08. The number of hydrogen-bond acceptors (Lipinski definition) is 4. The quantitative estimate of drug-likeness (QED) is 0.293. The topological polar surface area (TPSA) is 91.0 Å². The van der Waals surface area contributed by atoms with Crippen molar-refractivity contribution >= 4 is 11.7 Å². The Bertz CT molecular complexity index is 384. The van der Waals surface area contributed by atoms with Gasteiger partial charge in [-0.05, 0) is 46.2 Å². The van der Waals surface area contributed by atoms with Gasteiger partial charge in [-0.15, -0.1) is 0 Å². The lowest BCUT2D eigenvalue weighted by Gasteiger charge is -2.48. The van der Waals surface area contributed by atoms with Crippen molar-refractivity contribution in [2.24, 2.45) is 16.3 Å². The van der Waals surface area contributed by atoms with Crippen molar-refractivity contribution in [3.8, 4) is 0 Å². The highest BCUT2D eigenvalue weighted by molar-refractivity contribution is 6.07. The van der Waals surface area contributed by atoms with Gasteiger partial charge in [0.25, 0.3) is 0 Å². The average molecular weight is 268 g/mol. The maximum atomic E-state index is 12.4. The predicted molar refractivity (Wildman–Crippen MR) is 73.0 cm³/mol. The first-order chi connectivity index (χ1) is 8.97. The van der Waals surface area contributed by atoms with Crippen LogP contribution < -0.4 is 11.1 Å². The number of carbonyl (C=O) groups excluding carboxylic acids is 1. The van der Waals surface area contributed by atoms with Crippen LogP contribution in [0.15, 0.2) is 5.16 Å². The standard InChI is InChI=1S/C13H24N4O2/c1-17(2)12(5-3-6-12)9-15-11(18)13(7-4-8-13)10(14)16-19/h19H,3-9H2,1-2H3,(H2,14,16)(H,15,18). The molecule has 2 aliphatic rings. The van der Waals surface area contributed by atoms with Gasteiger partial charge in [0.2, 0.25) is 5.91 Å². The van der Waals surface area contributed by atoms with E-state index in [2.05, 4.69) is 15.4 Å². The van der Waals surface area contributed by atoms with Crippen LogP contribution in [0.5, 0.6) is 0 Å². The minimum Gasteiger partial charge on any atom is -0.409 e. The molecule has 0 aliphatic heterocycles. The molecule has 0 bridgehead atoms. The summed E-state index contributed by atoms with van der Waals surface area (Å²) in [6.45, 7) is 0.638. The first-order valence-corrected chi connectivity index (χ1v) is 6.91. The number of rotatable bonds is 5. The van der Waals surface area contributed by atoms with Gasteiger partial charge in [-0.2, -0.15) is 0 Å². The molecule has 0 radical (unpaired) electrons. The molecule has 0 saturated heterocycles. The number of nitrogens with zero attached hydrogens (tertiary/aromatic N) is 2. The Morgan fingerprint density at radius 3 is 2.21 bits per heavy atom. The zero-order valence-corrected chi connectivity index (χ0v) is 11.8. The number of likely N-dealkylation sites (N-methyl/N-ethyl adjacent to an activating group) is 1. The molecule has 0 atom stereocenters. The third kappa shape index (κ3) is 2.18. The summed E-state index contributed by atoms with van der Waals surface area (Å²) in [7, 11) is 4.10. The first kappa shape index (κ1) is 14.1. The Hall–Kier alpha value is -1.30. The maximum Gasteiger partial charge on any atom is 0.234 e. The molecule has 0 aromatic heterocycles. The van der Waals surface area contributed by atoms with Crippen LogP contribution in [-0.4, -0.2) is 48.0 Å². The van der Waals surface area contributed by atoms with E-state index < -0.39 is 5.41 Å². The molecule has 19 heavy (non-hydrogen) atoms. The van der Waals surface area contributed by atoms with Crippen LogP contribution in [0.25, 0.3) is 0 Å². The molecule has 0 aromatic rings. The largest absolute Gasteiger partial charge is 0.409 e. The first-order valence-electron chi connectivity index (χ1n) is 6.91. The van der Waals surface area contributed by atoms with Crippen LogP contribution in [-0.2, 0) is 4.79 Å². The molecule has 2 rings (SSSR count). The van der Waals surface area contributed by atoms with Crippen molar-refractivity contribution < 1.29 is 10.0 Å². The van der Waals surface area contributed by atoms with Gasteiger partial charge in [-0.1, -0.05) is 11.6 Å². The van der Waals surface area contributed by atoms with E-state index in [1.807, 2.05) is 14.1 Å². The maximum absolute atomic E-state index is 12.4. The Labute approximate surface area is 114 Å². The molecule has 2 fully saturated rings. The Kier molecular flexibility index (Phi) is 3.71. The van der Waals surface area contributed by atoms with Crippen LogP contribution in [0.1, 0.15) is 38.5 Å². The minimum absolute atomic E-state index is 0.0452. The van der Waals surface area contributed by atoms with Gasteiger partial charge < -0.3 is 21.2 Å². The predicted octanol–water partition coefficient (Wildman–Crippen LogP) is 0.504. The Morgan fingerprint density at radius 2 is 1.89 bits per heavy atom. The smallest absolute Gasteiger partial charge is 0.234 e. The van der Waals surface area contributed by atoms with E-state index in [1.165, 1.54) is 6.42 Å². The second kappa shape index (κ2) is 5.00. The lowest BCUT2D eigenvalue weighted by Crippen LogP contribution is -2.61. The van der Waals surface area contributed by atoms with Crippen LogP contribution >= 0.6 is 0 Å². The monoisotopic (exact) mass is 268 g/mol. The highest BCUT2D eigenvalue weighted by atomic mass is 16.4. The van der Waals surface area contributed by atoms with Crippen LogP contribution in [0.3, 0.4) is 0 Å². The van der Waals surface area contributed by atoms with Crippen LogP contribution in [0.2, 0.25) is 0 Å². The van der Waals surface area contributed by atoms with Gasteiger partial charge in [0.15, 0.2) is 5.84 Å². The van der Waals surface area contributed by atoms with E-state index >= 15 is 0 Å². The van der Waals surface area contributed by atoms with Crippen LogP contribution in [0, 0.1) is 5.41 Å². The lowest BCUT2D eigenvalue weighted by molar-refractivity contribution is -0.132. The number of amides is 1. The highest BCUT2D eigenvalue weighted by Gasteiger charge is 2.49. The number of hydrogen-bond donors (Lipinski definition) is 3. The van der Waals surface area contributed by atoms with E-state index in [0.29, 0.717) is 19.4 Å². The number of nitrogens with two attached hydrogens (primary N) is 1. The van der Waals surface area contributed by atoms with Crippen molar-refractivity contribution in [2.45, 2.75) is 44.1 Å². The lowest BCUT2D eigenvalue weighted by atomic mass is 9.67. The fourth-order valence-electron chi connectivity index (χ4n) is 3.01. The van der Waals surface area contributed by atoms with E-state index in [4.69, 9.17) is 10.9 Å². The molecule has 0 heterocycles. The molecule has 1 amide bonds. The van der Waals surface area contributed by atoms with Crippen molar-refractivity contribution in [2.75, 3.05) is 20.6 Å². The molecule has 2 saturated carbocycles. The van der Waals surface area contributed by atoms with Gasteiger partial charge in [-0.3, -0.25) is 4.79 Å².